The van der Waals surface area contributed by atoms with Crippen LogP contribution in [0.5, 0.6) is 0 Å². The maximum atomic E-state index is 13.9. The van der Waals surface area contributed by atoms with Gasteiger partial charge in [0, 0.05) is 33.3 Å². The molecule has 1 saturated heterocycles. The predicted molar refractivity (Wildman–Crippen MR) is 161 cm³/mol. The van der Waals surface area contributed by atoms with Crippen molar-refractivity contribution in [2.24, 2.45) is 11.1 Å². The molecule has 2 aromatic heterocycles. The highest BCUT2D eigenvalue weighted by Gasteiger charge is 2.56. The number of anilines is 2. The van der Waals surface area contributed by atoms with Crippen molar-refractivity contribution >= 4 is 78.1 Å². The summed E-state index contributed by atoms with van der Waals surface area (Å²) in [4.78, 5) is 59.3. The Morgan fingerprint density at radius 2 is 1.74 bits per heavy atom. The van der Waals surface area contributed by atoms with Gasteiger partial charge in [0.1, 0.15) is 11.8 Å². The molecule has 3 N–H and O–H groups in total. The number of benzene rings is 2. The third kappa shape index (κ3) is 5.11. The van der Waals surface area contributed by atoms with Gasteiger partial charge in [0.25, 0.3) is 0 Å². The van der Waals surface area contributed by atoms with Crippen LogP contribution in [0.4, 0.5) is 11.4 Å². The predicted octanol–water partition coefficient (Wildman–Crippen LogP) is 3.15. The first-order valence-electron chi connectivity index (χ1n) is 12.4. The molecule has 1 fully saturated rings. The van der Waals surface area contributed by atoms with Gasteiger partial charge >= 0.3 is 4.87 Å². The summed E-state index contributed by atoms with van der Waals surface area (Å²) in [5.74, 6) is -2.70. The van der Waals surface area contributed by atoms with Crippen LogP contribution in [0.2, 0.25) is 0 Å². The third-order valence-corrected chi connectivity index (χ3v) is 11.0. The van der Waals surface area contributed by atoms with Crippen LogP contribution >= 0.6 is 39.0 Å². The molecule has 2 aromatic carbocycles. The number of carbonyl (C=O) groups excluding carboxylic acids is 3. The number of sulfonamides is 1. The minimum atomic E-state index is -3.89. The Hall–Kier alpha value is -3.63. The number of thioether (sulfide) groups is 1. The second kappa shape index (κ2) is 10.9. The van der Waals surface area contributed by atoms with Gasteiger partial charge in [0.05, 0.1) is 21.5 Å². The second-order valence-electron chi connectivity index (χ2n) is 9.56. The van der Waals surface area contributed by atoms with Crippen LogP contribution in [0.25, 0.3) is 0 Å². The number of hydrogen-bond donors (Lipinski definition) is 2. The Balaban J connectivity index is 1.35. The zero-order valence-electron chi connectivity index (χ0n) is 21.3. The first-order valence-corrected chi connectivity index (χ1v) is 16.4. The Kier molecular flexibility index (Phi) is 7.39. The Bertz CT molecular complexity index is 1890. The molecule has 2 aliphatic rings. The quantitative estimate of drug-likeness (QED) is 0.293. The van der Waals surface area contributed by atoms with Crippen LogP contribution in [0.1, 0.15) is 16.4 Å². The lowest BCUT2D eigenvalue weighted by molar-refractivity contribution is -0.122. The molecule has 0 radical (unpaired) electrons. The summed E-state index contributed by atoms with van der Waals surface area (Å²) >= 11 is 5.42. The molecule has 2 aliphatic heterocycles. The Morgan fingerprint density at radius 3 is 2.38 bits per heavy atom. The number of nitrogens with two attached hydrogens (primary N) is 1. The van der Waals surface area contributed by atoms with Crippen molar-refractivity contribution < 1.29 is 22.8 Å². The van der Waals surface area contributed by atoms with Crippen molar-refractivity contribution in [3.05, 3.63) is 97.6 Å². The van der Waals surface area contributed by atoms with Crippen molar-refractivity contribution in [3.8, 4) is 0 Å². The van der Waals surface area contributed by atoms with Crippen molar-refractivity contribution in [1.82, 2.24) is 9.55 Å². The molecule has 3 amide bonds. The number of amides is 3. The van der Waals surface area contributed by atoms with Crippen LogP contribution in [0.3, 0.4) is 0 Å². The smallest absolute Gasteiger partial charge is 0.308 e. The maximum Gasteiger partial charge on any atom is 0.308 e. The van der Waals surface area contributed by atoms with Crippen LogP contribution < -0.4 is 20.2 Å². The summed E-state index contributed by atoms with van der Waals surface area (Å²) in [6.45, 7) is -0.357. The van der Waals surface area contributed by atoms with E-state index < -0.39 is 43.8 Å². The molecule has 0 spiro atoms. The lowest BCUT2D eigenvalue weighted by atomic mass is 9.84. The number of primary sulfonamides is 1. The van der Waals surface area contributed by atoms with Gasteiger partial charge in [-0.3, -0.25) is 28.7 Å². The Labute approximate surface area is 255 Å². The number of pyridine rings is 1. The molecular weight excluding hydrogens is 666 g/mol. The number of hydrogen-bond acceptors (Lipinski definition) is 9. The van der Waals surface area contributed by atoms with Crippen molar-refractivity contribution in [1.29, 1.82) is 0 Å². The molecule has 0 aliphatic carbocycles. The van der Waals surface area contributed by atoms with Crippen LogP contribution in [-0.4, -0.2) is 40.9 Å². The van der Waals surface area contributed by atoms with E-state index in [4.69, 9.17) is 5.14 Å². The van der Waals surface area contributed by atoms with Gasteiger partial charge in [-0.15, -0.1) is 0 Å². The molecule has 4 heterocycles. The van der Waals surface area contributed by atoms with Gasteiger partial charge in [0.2, 0.25) is 27.7 Å². The maximum absolute atomic E-state index is 13.9. The lowest BCUT2D eigenvalue weighted by Crippen LogP contribution is -2.33. The van der Waals surface area contributed by atoms with Crippen molar-refractivity contribution in [3.63, 3.8) is 0 Å². The second-order valence-corrected chi connectivity index (χ2v) is 14.2. The normalized spacial score (nSPS) is 19.9. The van der Waals surface area contributed by atoms with E-state index in [0.29, 0.717) is 26.8 Å². The molecule has 4 aromatic rings. The third-order valence-electron chi connectivity index (χ3n) is 6.95. The zero-order chi connectivity index (χ0) is 29.8. The molecule has 0 bridgehead atoms. The van der Waals surface area contributed by atoms with E-state index in [1.54, 1.807) is 48.8 Å². The molecule has 6 rings (SSSR count). The summed E-state index contributed by atoms with van der Waals surface area (Å²) in [6, 6.07) is 15.7. The van der Waals surface area contributed by atoms with E-state index in [9.17, 15) is 27.6 Å². The standard InChI is InChI=1S/C27H20BrN5O6S3/c28-15-3-7-17(8-4-15)33-24(35)21-20(14-2-1-11-30-12-14)23-26(40-22(21)25(33)36)32(27(37)41-23)13-19(34)31-16-5-9-18(10-6-16)42(29,38)39/h1-12,20-22H,13H2,(H,31,34)(H2,29,38,39)/t20-,21+,22-/m0/s1. The van der Waals surface area contributed by atoms with Gasteiger partial charge in [0.15, 0.2) is 0 Å². The fraction of sp³-hybridized carbons (Fsp3) is 0.148. The van der Waals surface area contributed by atoms with Gasteiger partial charge < -0.3 is 5.32 Å². The molecule has 214 valence electrons. The van der Waals surface area contributed by atoms with E-state index in [1.807, 2.05) is 0 Å². The summed E-state index contributed by atoms with van der Waals surface area (Å²) < 4.78 is 25.1. The summed E-state index contributed by atoms with van der Waals surface area (Å²) in [6.07, 6.45) is 3.22. The van der Waals surface area contributed by atoms with Crippen molar-refractivity contribution in [2.45, 2.75) is 27.6 Å². The number of halogens is 1. The SMILES string of the molecule is NS(=O)(=O)c1ccc(NC(=O)Cn2c3c(sc2=O)[C@@H](c2cccnc2)[C@H]2C(=O)N(c4ccc(Br)cc4)C(=O)[C@H]2S3)cc1. The van der Waals surface area contributed by atoms with E-state index in [2.05, 4.69) is 26.2 Å². The number of fused-ring (bicyclic) bond motifs is 2. The van der Waals surface area contributed by atoms with Crippen molar-refractivity contribution in [2.75, 3.05) is 10.2 Å². The van der Waals surface area contributed by atoms with Gasteiger partial charge in [-0.2, -0.15) is 0 Å². The summed E-state index contributed by atoms with van der Waals surface area (Å²) in [5, 5.41) is 7.39. The van der Waals surface area contributed by atoms with Crippen LogP contribution in [-0.2, 0) is 31.0 Å². The molecule has 3 atom stereocenters. The average molecular weight is 687 g/mol. The topological polar surface area (TPSA) is 162 Å². The van der Waals surface area contributed by atoms with Gasteiger partial charge in [-0.05, 0) is 60.2 Å². The number of thiazole rings is 1. The van der Waals surface area contributed by atoms with E-state index >= 15 is 0 Å². The fourth-order valence-electron chi connectivity index (χ4n) is 5.09. The van der Waals surface area contributed by atoms with E-state index in [1.165, 1.54) is 33.7 Å². The summed E-state index contributed by atoms with van der Waals surface area (Å²) in [5.41, 5.74) is 1.44. The molecule has 0 saturated carbocycles. The molecular formula is C27H20BrN5O6S3. The van der Waals surface area contributed by atoms with E-state index in [0.717, 1.165) is 27.6 Å². The number of nitrogens with zero attached hydrogens (tertiary/aromatic N) is 3. The molecule has 42 heavy (non-hydrogen) atoms. The number of imide groups is 1. The largest absolute Gasteiger partial charge is 0.325 e. The first kappa shape index (κ1) is 28.5. The van der Waals surface area contributed by atoms with Gasteiger partial charge in [-0.1, -0.05) is 45.1 Å². The summed E-state index contributed by atoms with van der Waals surface area (Å²) in [7, 11) is -3.89. The van der Waals surface area contributed by atoms with Gasteiger partial charge in [-0.25, -0.2) is 18.5 Å². The fourth-order valence-corrected chi connectivity index (χ4v) is 8.64. The minimum absolute atomic E-state index is 0.107. The highest BCUT2D eigenvalue weighted by Crippen LogP contribution is 2.53. The molecule has 11 nitrogen and oxygen atoms in total. The average Bonchev–Trinajstić information content (AvgIpc) is 3.40. The minimum Gasteiger partial charge on any atom is -0.325 e. The number of nitrogens with one attached hydrogen (secondary N) is 1. The number of aromatic nitrogens is 2. The first-order chi connectivity index (χ1) is 20.0. The highest BCUT2D eigenvalue weighted by molar-refractivity contribution is 9.10. The molecule has 15 heteroatoms. The van der Waals surface area contributed by atoms with Crippen LogP contribution in [0.15, 0.2) is 92.2 Å². The molecule has 0 unspecified atom stereocenters. The monoisotopic (exact) mass is 685 g/mol. The lowest BCUT2D eigenvalue weighted by Gasteiger charge is -2.30. The number of carbonyl (C=O) groups is 3. The number of rotatable bonds is 6. The Morgan fingerprint density at radius 1 is 1.02 bits per heavy atom. The van der Waals surface area contributed by atoms with Crippen LogP contribution in [0, 0.1) is 5.92 Å². The van der Waals surface area contributed by atoms with E-state index in [-0.39, 0.29) is 17.3 Å². The zero-order valence-corrected chi connectivity index (χ0v) is 25.4. The highest BCUT2D eigenvalue weighted by atomic mass is 79.9.